The first-order chi connectivity index (χ1) is 12.5. The first-order valence-electron chi connectivity index (χ1n) is 9.62. The second kappa shape index (κ2) is 7.90. The number of likely N-dealkylation sites (tertiary alicyclic amines) is 1. The van der Waals surface area contributed by atoms with Crippen molar-refractivity contribution in [1.82, 2.24) is 10.2 Å². The minimum atomic E-state index is -0.244. The second-order valence-corrected chi connectivity index (χ2v) is 7.25. The maximum atomic E-state index is 12.7. The van der Waals surface area contributed by atoms with Crippen LogP contribution in [-0.2, 0) is 9.59 Å². The highest BCUT2D eigenvalue weighted by Crippen LogP contribution is 2.25. The SMILES string of the molecule is CCC(CC)N1CC(C(=O)NC(C)c2ccc3ccccc3c2)CC1=O. The highest BCUT2D eigenvalue weighted by atomic mass is 16.2. The van der Waals surface area contributed by atoms with Gasteiger partial charge >= 0.3 is 0 Å². The summed E-state index contributed by atoms with van der Waals surface area (Å²) in [4.78, 5) is 26.9. The fourth-order valence-electron chi connectivity index (χ4n) is 3.88. The number of nitrogens with zero attached hydrogens (tertiary/aromatic N) is 1. The molecular weight excluding hydrogens is 324 g/mol. The molecule has 2 atom stereocenters. The Morgan fingerprint density at radius 3 is 2.54 bits per heavy atom. The van der Waals surface area contributed by atoms with Crippen LogP contribution in [0.2, 0.25) is 0 Å². The van der Waals surface area contributed by atoms with Gasteiger partial charge in [0, 0.05) is 19.0 Å². The standard InChI is InChI=1S/C22H28N2O2/c1-4-20(5-2)24-14-19(13-21(24)25)22(26)23-15(3)17-11-10-16-8-6-7-9-18(16)12-17/h6-12,15,19-20H,4-5,13-14H2,1-3H3,(H,23,26). The Bertz CT molecular complexity index is 798. The maximum absolute atomic E-state index is 12.7. The normalized spacial score (nSPS) is 18.5. The number of amides is 2. The summed E-state index contributed by atoms with van der Waals surface area (Å²) >= 11 is 0. The quantitative estimate of drug-likeness (QED) is 0.852. The van der Waals surface area contributed by atoms with Gasteiger partial charge in [0.05, 0.1) is 12.0 Å². The van der Waals surface area contributed by atoms with Gasteiger partial charge in [-0.15, -0.1) is 0 Å². The first kappa shape index (κ1) is 18.4. The third kappa shape index (κ3) is 3.74. The summed E-state index contributed by atoms with van der Waals surface area (Å²) in [6.45, 7) is 6.73. The highest BCUT2D eigenvalue weighted by molar-refractivity contribution is 5.89. The van der Waals surface area contributed by atoms with Crippen LogP contribution >= 0.6 is 0 Å². The Balaban J connectivity index is 1.66. The molecule has 1 saturated heterocycles. The van der Waals surface area contributed by atoms with Crippen molar-refractivity contribution in [2.24, 2.45) is 5.92 Å². The molecule has 1 fully saturated rings. The minimum absolute atomic E-state index is 0.0209. The van der Waals surface area contributed by atoms with E-state index in [9.17, 15) is 9.59 Å². The van der Waals surface area contributed by atoms with Crippen LogP contribution < -0.4 is 5.32 Å². The summed E-state index contributed by atoms with van der Waals surface area (Å²) in [5.41, 5.74) is 1.08. The summed E-state index contributed by atoms with van der Waals surface area (Å²) in [6, 6.07) is 14.6. The van der Waals surface area contributed by atoms with Gasteiger partial charge in [0.2, 0.25) is 11.8 Å². The predicted octanol–water partition coefficient (Wildman–Crippen LogP) is 4.05. The molecule has 1 aliphatic heterocycles. The molecule has 2 aromatic rings. The van der Waals surface area contributed by atoms with E-state index in [1.54, 1.807) is 0 Å². The molecule has 0 radical (unpaired) electrons. The highest BCUT2D eigenvalue weighted by Gasteiger charge is 2.37. The largest absolute Gasteiger partial charge is 0.349 e. The molecule has 2 amide bonds. The number of nitrogens with one attached hydrogen (secondary N) is 1. The summed E-state index contributed by atoms with van der Waals surface area (Å²) in [7, 11) is 0. The number of carbonyl (C=O) groups excluding carboxylic acids is 2. The second-order valence-electron chi connectivity index (χ2n) is 7.25. The van der Waals surface area contributed by atoms with Crippen LogP contribution in [0.25, 0.3) is 10.8 Å². The monoisotopic (exact) mass is 352 g/mol. The molecule has 3 rings (SSSR count). The van der Waals surface area contributed by atoms with E-state index in [0.717, 1.165) is 18.4 Å². The average molecular weight is 352 g/mol. The van der Waals surface area contributed by atoms with Crippen molar-refractivity contribution in [2.75, 3.05) is 6.54 Å². The lowest BCUT2D eigenvalue weighted by Crippen LogP contribution is -2.38. The van der Waals surface area contributed by atoms with Crippen LogP contribution in [0, 0.1) is 5.92 Å². The van der Waals surface area contributed by atoms with Crippen molar-refractivity contribution >= 4 is 22.6 Å². The molecule has 1 N–H and O–H groups in total. The Hall–Kier alpha value is -2.36. The number of fused-ring (bicyclic) bond motifs is 1. The van der Waals surface area contributed by atoms with E-state index in [4.69, 9.17) is 0 Å². The Morgan fingerprint density at radius 1 is 1.15 bits per heavy atom. The van der Waals surface area contributed by atoms with E-state index in [-0.39, 0.29) is 29.8 Å². The van der Waals surface area contributed by atoms with Gasteiger partial charge in [-0.1, -0.05) is 50.2 Å². The number of carbonyl (C=O) groups is 2. The molecule has 26 heavy (non-hydrogen) atoms. The zero-order chi connectivity index (χ0) is 18.7. The van der Waals surface area contributed by atoms with Gasteiger partial charge in [-0.25, -0.2) is 0 Å². The molecule has 0 aliphatic carbocycles. The van der Waals surface area contributed by atoms with Crippen LogP contribution in [0.1, 0.15) is 51.6 Å². The van der Waals surface area contributed by atoms with Gasteiger partial charge in [0.1, 0.15) is 0 Å². The summed E-state index contributed by atoms with van der Waals surface area (Å²) in [6.07, 6.45) is 2.20. The van der Waals surface area contributed by atoms with E-state index in [2.05, 4.69) is 49.5 Å². The van der Waals surface area contributed by atoms with Gasteiger partial charge in [-0.05, 0) is 42.2 Å². The molecule has 0 saturated carbocycles. The van der Waals surface area contributed by atoms with Crippen molar-refractivity contribution < 1.29 is 9.59 Å². The number of hydrogen-bond donors (Lipinski definition) is 1. The lowest BCUT2D eigenvalue weighted by atomic mass is 10.0. The van der Waals surface area contributed by atoms with Crippen molar-refractivity contribution in [1.29, 1.82) is 0 Å². The molecule has 0 bridgehead atoms. The van der Waals surface area contributed by atoms with E-state index in [1.165, 1.54) is 10.8 Å². The molecular formula is C22H28N2O2. The van der Waals surface area contributed by atoms with E-state index in [1.807, 2.05) is 24.0 Å². The van der Waals surface area contributed by atoms with Crippen LogP contribution in [0.5, 0.6) is 0 Å². The van der Waals surface area contributed by atoms with Crippen LogP contribution in [0.15, 0.2) is 42.5 Å². The smallest absolute Gasteiger partial charge is 0.225 e. The molecule has 4 nitrogen and oxygen atoms in total. The van der Waals surface area contributed by atoms with Crippen LogP contribution in [0.3, 0.4) is 0 Å². The van der Waals surface area contributed by atoms with Crippen LogP contribution in [-0.4, -0.2) is 29.3 Å². The molecule has 1 heterocycles. The van der Waals surface area contributed by atoms with Gasteiger partial charge in [0.25, 0.3) is 0 Å². The van der Waals surface area contributed by atoms with Crippen molar-refractivity contribution in [3.05, 3.63) is 48.0 Å². The van der Waals surface area contributed by atoms with Crippen molar-refractivity contribution in [2.45, 2.75) is 52.1 Å². The van der Waals surface area contributed by atoms with E-state index in [0.29, 0.717) is 13.0 Å². The molecule has 4 heteroatoms. The molecule has 2 unspecified atom stereocenters. The fraction of sp³-hybridized carbons (Fsp3) is 0.455. The van der Waals surface area contributed by atoms with Gasteiger partial charge < -0.3 is 10.2 Å². The molecule has 2 aromatic carbocycles. The molecule has 0 spiro atoms. The van der Waals surface area contributed by atoms with Gasteiger partial charge in [-0.2, -0.15) is 0 Å². The van der Waals surface area contributed by atoms with E-state index < -0.39 is 0 Å². The Morgan fingerprint density at radius 2 is 1.85 bits per heavy atom. The predicted molar refractivity (Wildman–Crippen MR) is 105 cm³/mol. The minimum Gasteiger partial charge on any atom is -0.349 e. The summed E-state index contributed by atoms with van der Waals surface area (Å²) in [5.74, 6) is -0.157. The Kier molecular flexibility index (Phi) is 5.60. The van der Waals surface area contributed by atoms with Crippen molar-refractivity contribution in [3.8, 4) is 0 Å². The van der Waals surface area contributed by atoms with Gasteiger partial charge in [0.15, 0.2) is 0 Å². The molecule has 138 valence electrons. The summed E-state index contributed by atoms with van der Waals surface area (Å²) < 4.78 is 0. The molecule has 0 aromatic heterocycles. The van der Waals surface area contributed by atoms with E-state index >= 15 is 0 Å². The van der Waals surface area contributed by atoms with Crippen LogP contribution in [0.4, 0.5) is 0 Å². The van der Waals surface area contributed by atoms with Gasteiger partial charge in [-0.3, -0.25) is 9.59 Å². The Labute approximate surface area is 155 Å². The molecule has 1 aliphatic rings. The average Bonchev–Trinajstić information content (AvgIpc) is 3.04. The number of hydrogen-bond acceptors (Lipinski definition) is 2. The third-order valence-corrected chi connectivity index (χ3v) is 5.54. The number of rotatable bonds is 6. The lowest BCUT2D eigenvalue weighted by Gasteiger charge is -2.26. The topological polar surface area (TPSA) is 49.4 Å². The third-order valence-electron chi connectivity index (χ3n) is 5.54. The maximum Gasteiger partial charge on any atom is 0.225 e. The zero-order valence-corrected chi connectivity index (χ0v) is 15.9. The fourth-order valence-corrected chi connectivity index (χ4v) is 3.88. The number of benzene rings is 2. The zero-order valence-electron chi connectivity index (χ0n) is 15.9. The lowest BCUT2D eigenvalue weighted by molar-refractivity contribution is -0.130. The first-order valence-corrected chi connectivity index (χ1v) is 9.62. The summed E-state index contributed by atoms with van der Waals surface area (Å²) in [5, 5.41) is 5.46. The van der Waals surface area contributed by atoms with Crippen molar-refractivity contribution in [3.63, 3.8) is 0 Å².